The van der Waals surface area contributed by atoms with Gasteiger partial charge in [0.2, 0.25) is 0 Å². The molecular weight excluding hydrogens is 368 g/mol. The van der Waals surface area contributed by atoms with Crippen molar-refractivity contribution in [3.63, 3.8) is 0 Å². The van der Waals surface area contributed by atoms with Gasteiger partial charge in [-0.05, 0) is 70.1 Å². The fourth-order valence-electron chi connectivity index (χ4n) is 3.36. The highest BCUT2D eigenvalue weighted by Gasteiger charge is 2.24. The molecule has 0 aromatic heterocycles. The molecular formula is C24H36O5. The Morgan fingerprint density at radius 1 is 1.10 bits per heavy atom. The molecule has 0 radical (unpaired) electrons. The second-order valence-corrected chi connectivity index (χ2v) is 7.96. The van der Waals surface area contributed by atoms with Gasteiger partial charge in [0.05, 0.1) is 6.10 Å². The first-order chi connectivity index (χ1) is 13.6. The maximum absolute atomic E-state index is 11.8. The van der Waals surface area contributed by atoms with Crippen LogP contribution in [0.25, 0.3) is 0 Å². The SMILES string of the molecule is C=C(C)[C@H]1CC/C(C)=C/C/C=C(\C)[C@H](O)CC/C(COC(C)=O)=C\C1OC(C)=O. The van der Waals surface area contributed by atoms with Gasteiger partial charge in [0.1, 0.15) is 12.7 Å². The number of carbonyl (C=O) groups is 2. The quantitative estimate of drug-likeness (QED) is 0.537. The van der Waals surface area contributed by atoms with Crippen LogP contribution in [0.3, 0.4) is 0 Å². The molecule has 0 amide bonds. The van der Waals surface area contributed by atoms with Crippen LogP contribution in [0, 0.1) is 5.92 Å². The van der Waals surface area contributed by atoms with E-state index in [0.717, 1.165) is 36.0 Å². The summed E-state index contributed by atoms with van der Waals surface area (Å²) in [4.78, 5) is 23.1. The minimum absolute atomic E-state index is 0.0419. The third-order valence-corrected chi connectivity index (χ3v) is 5.21. The summed E-state index contributed by atoms with van der Waals surface area (Å²) in [7, 11) is 0. The first-order valence-corrected chi connectivity index (χ1v) is 10.3. The Kier molecular flexibility index (Phi) is 10.7. The monoisotopic (exact) mass is 404 g/mol. The number of rotatable bonds is 4. The molecule has 1 unspecified atom stereocenters. The zero-order valence-electron chi connectivity index (χ0n) is 18.5. The summed E-state index contributed by atoms with van der Waals surface area (Å²) in [5.74, 6) is -0.778. The smallest absolute Gasteiger partial charge is 0.303 e. The van der Waals surface area contributed by atoms with Gasteiger partial charge in [0.25, 0.3) is 0 Å². The lowest BCUT2D eigenvalue weighted by Gasteiger charge is -2.26. The summed E-state index contributed by atoms with van der Waals surface area (Å²) in [6.07, 6.45) is 8.51. The fraction of sp³-hybridized carbons (Fsp3) is 0.583. The Labute approximate surface area is 175 Å². The van der Waals surface area contributed by atoms with Crippen LogP contribution in [-0.4, -0.2) is 35.9 Å². The van der Waals surface area contributed by atoms with Crippen LogP contribution in [0.1, 0.15) is 66.7 Å². The van der Waals surface area contributed by atoms with Crippen molar-refractivity contribution < 1.29 is 24.2 Å². The number of hydrogen-bond acceptors (Lipinski definition) is 5. The Morgan fingerprint density at radius 3 is 2.38 bits per heavy atom. The van der Waals surface area contributed by atoms with Crippen molar-refractivity contribution in [3.8, 4) is 0 Å². The number of aliphatic hydroxyl groups excluding tert-OH is 1. The number of allylic oxidation sites excluding steroid dienone is 3. The van der Waals surface area contributed by atoms with Crippen molar-refractivity contribution in [1.29, 1.82) is 0 Å². The molecule has 0 aromatic carbocycles. The minimum atomic E-state index is -0.573. The highest BCUT2D eigenvalue weighted by Crippen LogP contribution is 2.28. The molecule has 0 heterocycles. The average molecular weight is 405 g/mol. The van der Waals surface area contributed by atoms with Gasteiger partial charge in [-0.25, -0.2) is 0 Å². The lowest BCUT2D eigenvalue weighted by Crippen LogP contribution is -2.26. The number of esters is 2. The number of carbonyl (C=O) groups excluding carboxylic acids is 2. The molecule has 29 heavy (non-hydrogen) atoms. The standard InChI is InChI=1S/C24H36O5/c1-16(2)22-12-10-17(3)8-7-9-18(4)23(27)13-11-21(15-28-19(5)25)14-24(22)29-20(6)26/h8-9,14,22-24,27H,1,7,10-13,15H2,2-6H3/b17-8+,18-9+,21-14+/t22-,23-,24?/m1/s1. The van der Waals surface area contributed by atoms with E-state index in [4.69, 9.17) is 9.47 Å². The van der Waals surface area contributed by atoms with E-state index in [1.165, 1.54) is 19.4 Å². The summed E-state index contributed by atoms with van der Waals surface area (Å²) in [6.45, 7) is 12.9. The van der Waals surface area contributed by atoms with Gasteiger partial charge < -0.3 is 14.6 Å². The van der Waals surface area contributed by atoms with E-state index in [-0.39, 0.29) is 24.5 Å². The predicted octanol–water partition coefficient (Wildman–Crippen LogP) is 4.82. The highest BCUT2D eigenvalue weighted by atomic mass is 16.5. The minimum Gasteiger partial charge on any atom is -0.461 e. The van der Waals surface area contributed by atoms with Crippen LogP contribution in [-0.2, 0) is 19.1 Å². The summed E-state index contributed by atoms with van der Waals surface area (Å²) in [5, 5.41) is 10.5. The van der Waals surface area contributed by atoms with Crippen molar-refractivity contribution in [2.24, 2.45) is 5.92 Å². The molecule has 0 aromatic rings. The lowest BCUT2D eigenvalue weighted by molar-refractivity contribution is -0.146. The lowest BCUT2D eigenvalue weighted by atomic mass is 9.87. The number of aliphatic hydroxyl groups is 1. The second-order valence-electron chi connectivity index (χ2n) is 7.96. The molecule has 3 atom stereocenters. The first-order valence-electron chi connectivity index (χ1n) is 10.3. The average Bonchev–Trinajstić information content (AvgIpc) is 2.61. The van der Waals surface area contributed by atoms with Crippen LogP contribution < -0.4 is 0 Å². The van der Waals surface area contributed by atoms with Gasteiger partial charge in [0, 0.05) is 19.8 Å². The maximum atomic E-state index is 11.8. The molecule has 5 nitrogen and oxygen atoms in total. The molecule has 1 aliphatic carbocycles. The van der Waals surface area contributed by atoms with E-state index < -0.39 is 12.2 Å². The van der Waals surface area contributed by atoms with E-state index in [0.29, 0.717) is 12.8 Å². The van der Waals surface area contributed by atoms with Crippen molar-refractivity contribution in [3.05, 3.63) is 47.1 Å². The third-order valence-electron chi connectivity index (χ3n) is 5.21. The zero-order valence-corrected chi connectivity index (χ0v) is 18.5. The Morgan fingerprint density at radius 2 is 1.79 bits per heavy atom. The van der Waals surface area contributed by atoms with Crippen LogP contribution >= 0.6 is 0 Å². The molecule has 0 saturated carbocycles. The van der Waals surface area contributed by atoms with Gasteiger partial charge in [-0.1, -0.05) is 29.9 Å². The third kappa shape index (κ3) is 9.75. The highest BCUT2D eigenvalue weighted by molar-refractivity contribution is 5.66. The van der Waals surface area contributed by atoms with Gasteiger partial charge in [-0.2, -0.15) is 0 Å². The van der Waals surface area contributed by atoms with E-state index >= 15 is 0 Å². The molecule has 1 aliphatic rings. The second kappa shape index (κ2) is 12.4. The molecule has 162 valence electrons. The van der Waals surface area contributed by atoms with Gasteiger partial charge >= 0.3 is 11.9 Å². The molecule has 0 bridgehead atoms. The van der Waals surface area contributed by atoms with Crippen LogP contribution in [0.2, 0.25) is 0 Å². The Bertz CT molecular complexity index is 683. The van der Waals surface area contributed by atoms with Crippen molar-refractivity contribution in [2.75, 3.05) is 6.61 Å². The molecule has 0 saturated heterocycles. The van der Waals surface area contributed by atoms with Crippen molar-refractivity contribution in [1.82, 2.24) is 0 Å². The Balaban J connectivity index is 3.30. The van der Waals surface area contributed by atoms with Crippen LogP contribution in [0.5, 0.6) is 0 Å². The zero-order chi connectivity index (χ0) is 22.0. The summed E-state index contributed by atoms with van der Waals surface area (Å²) >= 11 is 0. The summed E-state index contributed by atoms with van der Waals surface area (Å²) < 4.78 is 10.8. The summed E-state index contributed by atoms with van der Waals surface area (Å²) in [5.41, 5.74) is 3.94. The molecule has 0 aliphatic heterocycles. The number of ether oxygens (including phenoxy) is 2. The first kappa shape index (κ1) is 24.9. The predicted molar refractivity (Wildman–Crippen MR) is 115 cm³/mol. The molecule has 1 rings (SSSR count). The van der Waals surface area contributed by atoms with Crippen LogP contribution in [0.15, 0.2) is 47.1 Å². The van der Waals surface area contributed by atoms with E-state index in [2.05, 4.69) is 19.6 Å². The van der Waals surface area contributed by atoms with E-state index in [9.17, 15) is 14.7 Å². The molecule has 5 heteroatoms. The van der Waals surface area contributed by atoms with Gasteiger partial charge in [0.15, 0.2) is 0 Å². The largest absolute Gasteiger partial charge is 0.461 e. The fourth-order valence-corrected chi connectivity index (χ4v) is 3.36. The number of hydrogen-bond donors (Lipinski definition) is 1. The molecule has 1 N–H and O–H groups in total. The summed E-state index contributed by atoms with van der Waals surface area (Å²) in [6, 6.07) is 0. The van der Waals surface area contributed by atoms with Gasteiger partial charge in [-0.15, -0.1) is 0 Å². The van der Waals surface area contributed by atoms with E-state index in [1.54, 1.807) is 0 Å². The Hall–Kier alpha value is -2.14. The maximum Gasteiger partial charge on any atom is 0.303 e. The van der Waals surface area contributed by atoms with Crippen LogP contribution in [0.4, 0.5) is 0 Å². The normalized spacial score (nSPS) is 29.7. The molecule has 0 fully saturated rings. The van der Waals surface area contributed by atoms with Crippen molar-refractivity contribution >= 4 is 11.9 Å². The van der Waals surface area contributed by atoms with Gasteiger partial charge in [-0.3, -0.25) is 9.59 Å². The topological polar surface area (TPSA) is 72.8 Å². The molecule has 0 spiro atoms. The van der Waals surface area contributed by atoms with Crippen molar-refractivity contribution in [2.45, 2.75) is 78.9 Å². The van der Waals surface area contributed by atoms with E-state index in [1.807, 2.05) is 26.0 Å².